The van der Waals surface area contributed by atoms with Gasteiger partial charge in [0.1, 0.15) is 23.5 Å². The molecule has 0 saturated carbocycles. The minimum Gasteiger partial charge on any atom is -0.494 e. The molecule has 4 rings (SSSR count). The molecule has 0 aliphatic carbocycles. The number of amides is 1. The Balaban J connectivity index is 1.54. The summed E-state index contributed by atoms with van der Waals surface area (Å²) < 4.78 is 39.7. The van der Waals surface area contributed by atoms with Gasteiger partial charge in [-0.05, 0) is 48.9 Å². The minimum absolute atomic E-state index is 0.0492. The van der Waals surface area contributed by atoms with E-state index in [0.717, 1.165) is 17.7 Å². The van der Waals surface area contributed by atoms with Gasteiger partial charge in [-0.3, -0.25) is 10.2 Å². The first-order valence-corrected chi connectivity index (χ1v) is 12.7. The molecule has 9 heteroatoms. The first-order chi connectivity index (χ1) is 18.9. The Labute approximate surface area is 226 Å². The third-order valence-electron chi connectivity index (χ3n) is 6.40. The number of aliphatic hydroxyl groups excluding tert-OH is 1. The summed E-state index contributed by atoms with van der Waals surface area (Å²) in [4.78, 5) is 18.3. The Morgan fingerprint density at radius 1 is 1.08 bits per heavy atom. The van der Waals surface area contributed by atoms with Crippen molar-refractivity contribution in [1.82, 2.24) is 10.9 Å². The topological polar surface area (TPSA) is 92.2 Å². The van der Waals surface area contributed by atoms with Crippen LogP contribution in [-0.4, -0.2) is 41.8 Å². The SMILES string of the molecule is C[C@@H]1OC(c2ccc(OCCCO)cc2)=N[C@]1(C/C=C/c1ccccc1)C(=O)NNCc1c(F)cccc1F. The average molecular weight is 536 g/mol. The predicted octanol–water partition coefficient (Wildman–Crippen LogP) is 4.55. The molecule has 0 spiro atoms. The first kappa shape index (κ1) is 27.9. The van der Waals surface area contributed by atoms with Crippen LogP contribution in [0.2, 0.25) is 0 Å². The molecule has 39 heavy (non-hydrogen) atoms. The lowest BCUT2D eigenvalue weighted by Gasteiger charge is -2.27. The fourth-order valence-electron chi connectivity index (χ4n) is 4.15. The summed E-state index contributed by atoms with van der Waals surface area (Å²) >= 11 is 0. The van der Waals surface area contributed by atoms with Crippen molar-refractivity contribution in [2.45, 2.75) is 38.0 Å². The highest BCUT2D eigenvalue weighted by Crippen LogP contribution is 2.33. The second kappa shape index (κ2) is 13.1. The van der Waals surface area contributed by atoms with E-state index in [9.17, 15) is 13.6 Å². The van der Waals surface area contributed by atoms with Gasteiger partial charge in [-0.15, -0.1) is 0 Å². The maximum Gasteiger partial charge on any atom is 0.266 e. The fourth-order valence-corrected chi connectivity index (χ4v) is 4.15. The molecule has 3 aromatic rings. The van der Waals surface area contributed by atoms with Crippen LogP contribution in [0.1, 0.15) is 36.5 Å². The molecule has 204 valence electrons. The highest BCUT2D eigenvalue weighted by Gasteiger charge is 2.49. The van der Waals surface area contributed by atoms with E-state index < -0.39 is 29.2 Å². The van der Waals surface area contributed by atoms with Gasteiger partial charge in [-0.2, -0.15) is 0 Å². The summed E-state index contributed by atoms with van der Waals surface area (Å²) in [5.41, 5.74) is 5.32. The summed E-state index contributed by atoms with van der Waals surface area (Å²) in [6.07, 6.45) is 3.86. The van der Waals surface area contributed by atoms with Crippen molar-refractivity contribution < 1.29 is 28.2 Å². The van der Waals surface area contributed by atoms with E-state index in [4.69, 9.17) is 19.6 Å². The lowest BCUT2D eigenvalue weighted by atomic mass is 9.89. The Bertz CT molecular complexity index is 1300. The van der Waals surface area contributed by atoms with E-state index in [2.05, 4.69) is 10.9 Å². The van der Waals surface area contributed by atoms with Gasteiger partial charge < -0.3 is 14.6 Å². The molecule has 2 atom stereocenters. The van der Waals surface area contributed by atoms with Crippen LogP contribution in [0.15, 0.2) is 83.9 Å². The van der Waals surface area contributed by atoms with Crippen LogP contribution in [0.5, 0.6) is 5.75 Å². The lowest BCUT2D eigenvalue weighted by Crippen LogP contribution is -2.54. The van der Waals surface area contributed by atoms with Crippen LogP contribution < -0.4 is 15.6 Å². The second-order valence-electron chi connectivity index (χ2n) is 9.08. The number of ether oxygens (including phenoxy) is 2. The quantitative estimate of drug-likeness (QED) is 0.234. The molecule has 0 fully saturated rings. The van der Waals surface area contributed by atoms with Crippen LogP contribution >= 0.6 is 0 Å². The van der Waals surface area contributed by atoms with Gasteiger partial charge in [0.2, 0.25) is 5.90 Å². The average Bonchev–Trinajstić information content (AvgIpc) is 3.28. The number of hydrogen-bond donors (Lipinski definition) is 3. The molecule has 0 saturated heterocycles. The maximum atomic E-state index is 14.0. The van der Waals surface area contributed by atoms with E-state index >= 15 is 0 Å². The zero-order chi connectivity index (χ0) is 27.7. The van der Waals surface area contributed by atoms with Gasteiger partial charge in [0.05, 0.1) is 6.61 Å². The van der Waals surface area contributed by atoms with Crippen molar-refractivity contribution in [1.29, 1.82) is 0 Å². The molecule has 1 aliphatic heterocycles. The van der Waals surface area contributed by atoms with Crippen molar-refractivity contribution in [3.05, 3.63) is 107 Å². The number of hydrogen-bond acceptors (Lipinski definition) is 6. The lowest BCUT2D eigenvalue weighted by molar-refractivity contribution is -0.129. The van der Waals surface area contributed by atoms with Gasteiger partial charge in [0.25, 0.3) is 5.91 Å². The molecule has 0 radical (unpaired) electrons. The summed E-state index contributed by atoms with van der Waals surface area (Å²) in [5.74, 6) is -0.979. The molecule has 1 heterocycles. The molecular weight excluding hydrogens is 504 g/mol. The summed E-state index contributed by atoms with van der Waals surface area (Å²) in [7, 11) is 0. The molecule has 0 unspecified atom stereocenters. The third kappa shape index (κ3) is 6.87. The van der Waals surface area contributed by atoms with Crippen LogP contribution in [0.4, 0.5) is 8.78 Å². The zero-order valence-electron chi connectivity index (χ0n) is 21.6. The molecule has 1 amide bonds. The smallest absolute Gasteiger partial charge is 0.266 e. The number of rotatable bonds is 12. The minimum atomic E-state index is -1.34. The number of aliphatic imine (C=N–C) groups is 1. The van der Waals surface area contributed by atoms with Crippen LogP contribution in [0, 0.1) is 11.6 Å². The number of nitrogens with zero attached hydrogens (tertiary/aromatic N) is 1. The largest absolute Gasteiger partial charge is 0.494 e. The molecule has 7 nitrogen and oxygen atoms in total. The molecule has 0 bridgehead atoms. The summed E-state index contributed by atoms with van der Waals surface area (Å²) in [6, 6.07) is 20.3. The molecule has 1 aliphatic rings. The zero-order valence-corrected chi connectivity index (χ0v) is 21.6. The molecular formula is C30H31F2N3O4. The van der Waals surface area contributed by atoms with Crippen LogP contribution in [0.25, 0.3) is 6.08 Å². The molecule has 0 aromatic heterocycles. The van der Waals surface area contributed by atoms with Gasteiger partial charge >= 0.3 is 0 Å². The van der Waals surface area contributed by atoms with Crippen LogP contribution in [-0.2, 0) is 16.1 Å². The van der Waals surface area contributed by atoms with Crippen molar-refractivity contribution >= 4 is 17.9 Å². The Morgan fingerprint density at radius 2 is 1.79 bits per heavy atom. The van der Waals surface area contributed by atoms with Crippen molar-refractivity contribution in [3.8, 4) is 5.75 Å². The van der Waals surface area contributed by atoms with Gasteiger partial charge in [0, 0.05) is 37.1 Å². The second-order valence-corrected chi connectivity index (χ2v) is 9.08. The van der Waals surface area contributed by atoms with Crippen molar-refractivity contribution in [3.63, 3.8) is 0 Å². The number of hydrazine groups is 1. The number of nitrogens with one attached hydrogen (secondary N) is 2. The Hall–Kier alpha value is -4.08. The van der Waals surface area contributed by atoms with Gasteiger partial charge in [0.15, 0.2) is 5.54 Å². The maximum absolute atomic E-state index is 14.0. The first-order valence-electron chi connectivity index (χ1n) is 12.7. The highest BCUT2D eigenvalue weighted by atomic mass is 19.1. The number of aliphatic hydroxyl groups is 1. The van der Waals surface area contributed by atoms with Crippen LogP contribution in [0.3, 0.4) is 0 Å². The number of carbonyl (C=O) groups is 1. The fraction of sp³-hybridized carbons (Fsp3) is 0.267. The van der Waals surface area contributed by atoms with E-state index in [-0.39, 0.29) is 25.1 Å². The van der Waals surface area contributed by atoms with Gasteiger partial charge in [-0.25, -0.2) is 19.2 Å². The Kier molecular flexibility index (Phi) is 9.40. The van der Waals surface area contributed by atoms with E-state index in [0.29, 0.717) is 30.2 Å². The predicted molar refractivity (Wildman–Crippen MR) is 145 cm³/mol. The Morgan fingerprint density at radius 3 is 2.49 bits per heavy atom. The monoisotopic (exact) mass is 535 g/mol. The summed E-state index contributed by atoms with van der Waals surface area (Å²) in [6.45, 7) is 1.96. The van der Waals surface area contributed by atoms with E-state index in [1.165, 1.54) is 6.07 Å². The van der Waals surface area contributed by atoms with Crippen molar-refractivity contribution in [2.24, 2.45) is 4.99 Å². The van der Waals surface area contributed by atoms with E-state index in [1.807, 2.05) is 42.5 Å². The highest BCUT2D eigenvalue weighted by molar-refractivity contribution is 6.00. The molecule has 3 aromatic carbocycles. The summed E-state index contributed by atoms with van der Waals surface area (Å²) in [5, 5.41) is 8.93. The molecule has 3 N–H and O–H groups in total. The standard InChI is InChI=1S/C30H31F2N3O4/c1-21-30(17-6-10-22-8-3-2-4-9-22,29(37)35-33-20-25-26(31)11-5-12-27(25)32)34-28(39-21)23-13-15-24(16-14-23)38-19-7-18-36/h2-6,8-16,21,33,36H,7,17-20H2,1H3,(H,35,37)/b10-6+/t21-,30-/m0/s1. The third-order valence-corrected chi connectivity index (χ3v) is 6.40. The number of carbonyl (C=O) groups excluding carboxylic acids is 1. The normalized spacial score (nSPS) is 18.6. The van der Waals surface area contributed by atoms with Crippen molar-refractivity contribution in [2.75, 3.05) is 13.2 Å². The van der Waals surface area contributed by atoms with E-state index in [1.54, 1.807) is 31.2 Å². The number of benzene rings is 3. The number of halogens is 2. The van der Waals surface area contributed by atoms with Gasteiger partial charge in [-0.1, -0.05) is 48.6 Å².